The Kier molecular flexibility index (Phi) is 9.55. The smallest absolute Gasteiger partial charge is 0.241 e. The highest BCUT2D eigenvalue weighted by atomic mass is 16.5. The standard InChI is InChI=1S/C23H32N4O2/c1-4-24-23(26-15-13-20-11-10-18(2)21(16-20)29-3)27-17-22(28)25-14-12-19-8-6-5-7-9-19/h5-11,16H,4,12-15,17H2,1-3H3,(H,25,28)(H2,24,26,27). The number of hydrogen-bond acceptors (Lipinski definition) is 3. The molecule has 0 heterocycles. The fourth-order valence-electron chi connectivity index (χ4n) is 2.88. The first-order valence-corrected chi connectivity index (χ1v) is 10.1. The van der Waals surface area contributed by atoms with Gasteiger partial charge in [0.05, 0.1) is 7.11 Å². The van der Waals surface area contributed by atoms with E-state index in [2.05, 4.69) is 51.3 Å². The molecule has 0 radical (unpaired) electrons. The van der Waals surface area contributed by atoms with Crippen LogP contribution in [0.15, 0.2) is 53.5 Å². The summed E-state index contributed by atoms with van der Waals surface area (Å²) in [5, 5.41) is 9.36. The zero-order valence-corrected chi connectivity index (χ0v) is 17.6. The van der Waals surface area contributed by atoms with E-state index in [-0.39, 0.29) is 12.5 Å². The van der Waals surface area contributed by atoms with Crippen molar-refractivity contribution >= 4 is 11.9 Å². The molecule has 0 atom stereocenters. The second kappa shape index (κ2) is 12.4. The number of aryl methyl sites for hydroxylation is 1. The maximum atomic E-state index is 12.1. The molecule has 1 amide bonds. The van der Waals surface area contributed by atoms with Crippen molar-refractivity contribution in [2.75, 3.05) is 33.3 Å². The Hall–Kier alpha value is -3.02. The number of carbonyl (C=O) groups excluding carboxylic acids is 1. The van der Waals surface area contributed by atoms with Crippen LogP contribution in [0.5, 0.6) is 5.75 Å². The van der Waals surface area contributed by atoms with E-state index in [1.54, 1.807) is 7.11 Å². The van der Waals surface area contributed by atoms with E-state index < -0.39 is 0 Å². The van der Waals surface area contributed by atoms with Crippen LogP contribution in [0.25, 0.3) is 0 Å². The summed E-state index contributed by atoms with van der Waals surface area (Å²) in [7, 11) is 1.69. The summed E-state index contributed by atoms with van der Waals surface area (Å²) in [4.78, 5) is 16.4. The Morgan fingerprint density at radius 2 is 1.69 bits per heavy atom. The molecule has 0 fully saturated rings. The third-order valence-electron chi connectivity index (χ3n) is 4.48. The van der Waals surface area contributed by atoms with Gasteiger partial charge >= 0.3 is 0 Å². The van der Waals surface area contributed by atoms with Gasteiger partial charge in [0.1, 0.15) is 12.3 Å². The Labute approximate surface area is 173 Å². The minimum Gasteiger partial charge on any atom is -0.496 e. The van der Waals surface area contributed by atoms with Crippen molar-refractivity contribution in [3.63, 3.8) is 0 Å². The number of ether oxygens (including phenoxy) is 1. The molecule has 3 N–H and O–H groups in total. The van der Waals surface area contributed by atoms with Crippen LogP contribution in [-0.4, -0.2) is 45.2 Å². The summed E-state index contributed by atoms with van der Waals surface area (Å²) in [6.45, 7) is 6.19. The summed E-state index contributed by atoms with van der Waals surface area (Å²) in [6, 6.07) is 16.3. The second-order valence-electron chi connectivity index (χ2n) is 6.76. The molecule has 2 aromatic carbocycles. The van der Waals surface area contributed by atoms with Crippen molar-refractivity contribution in [1.29, 1.82) is 0 Å². The minimum atomic E-state index is -0.0820. The zero-order chi connectivity index (χ0) is 20.9. The van der Waals surface area contributed by atoms with E-state index in [1.807, 2.05) is 32.0 Å². The number of methoxy groups -OCH3 is 1. The number of guanidine groups is 1. The molecule has 2 aromatic rings. The highest BCUT2D eigenvalue weighted by molar-refractivity contribution is 5.84. The third-order valence-corrected chi connectivity index (χ3v) is 4.48. The van der Waals surface area contributed by atoms with Crippen LogP contribution >= 0.6 is 0 Å². The predicted molar refractivity (Wildman–Crippen MR) is 119 cm³/mol. The molecule has 0 saturated carbocycles. The number of benzene rings is 2. The lowest BCUT2D eigenvalue weighted by Gasteiger charge is -2.12. The summed E-state index contributed by atoms with van der Waals surface area (Å²) >= 11 is 0. The molecule has 0 spiro atoms. The van der Waals surface area contributed by atoms with E-state index in [9.17, 15) is 4.79 Å². The third kappa shape index (κ3) is 8.25. The van der Waals surface area contributed by atoms with Gasteiger partial charge in [0, 0.05) is 19.6 Å². The lowest BCUT2D eigenvalue weighted by molar-refractivity contribution is -0.119. The highest BCUT2D eigenvalue weighted by Gasteiger charge is 2.04. The first kappa shape index (κ1) is 22.3. The van der Waals surface area contributed by atoms with Gasteiger partial charge in [0.25, 0.3) is 0 Å². The largest absolute Gasteiger partial charge is 0.496 e. The lowest BCUT2D eigenvalue weighted by atomic mass is 10.1. The molecule has 0 unspecified atom stereocenters. The average Bonchev–Trinajstić information content (AvgIpc) is 2.74. The summed E-state index contributed by atoms with van der Waals surface area (Å²) in [5.41, 5.74) is 3.52. The number of hydrogen-bond donors (Lipinski definition) is 3. The Bertz CT molecular complexity index is 791. The minimum absolute atomic E-state index is 0.0820. The monoisotopic (exact) mass is 396 g/mol. The van der Waals surface area contributed by atoms with Gasteiger partial charge in [-0.15, -0.1) is 0 Å². The quantitative estimate of drug-likeness (QED) is 0.426. The van der Waals surface area contributed by atoms with Crippen LogP contribution in [0.2, 0.25) is 0 Å². The number of amides is 1. The number of nitrogens with zero attached hydrogens (tertiary/aromatic N) is 1. The summed E-state index contributed by atoms with van der Waals surface area (Å²) in [5.74, 6) is 1.46. The number of nitrogens with one attached hydrogen (secondary N) is 3. The number of rotatable bonds is 10. The van der Waals surface area contributed by atoms with Gasteiger partial charge < -0.3 is 20.7 Å². The van der Waals surface area contributed by atoms with Crippen molar-refractivity contribution in [3.05, 3.63) is 65.2 Å². The Morgan fingerprint density at radius 1 is 0.966 bits per heavy atom. The van der Waals surface area contributed by atoms with Crippen molar-refractivity contribution < 1.29 is 9.53 Å². The molecule has 0 bridgehead atoms. The predicted octanol–water partition coefficient (Wildman–Crippen LogP) is 2.46. The fourth-order valence-corrected chi connectivity index (χ4v) is 2.88. The highest BCUT2D eigenvalue weighted by Crippen LogP contribution is 2.18. The van der Waals surface area contributed by atoms with Crippen LogP contribution in [0.1, 0.15) is 23.6 Å². The molecular formula is C23H32N4O2. The van der Waals surface area contributed by atoms with Crippen LogP contribution in [-0.2, 0) is 17.6 Å². The van der Waals surface area contributed by atoms with E-state index in [4.69, 9.17) is 4.74 Å². The van der Waals surface area contributed by atoms with Gasteiger partial charge in [-0.25, -0.2) is 4.99 Å². The molecule has 0 aliphatic carbocycles. The molecule has 6 heteroatoms. The van der Waals surface area contributed by atoms with Crippen LogP contribution in [0.3, 0.4) is 0 Å². The molecule has 2 rings (SSSR count). The van der Waals surface area contributed by atoms with Crippen LogP contribution < -0.4 is 20.7 Å². The van der Waals surface area contributed by atoms with Crippen molar-refractivity contribution in [3.8, 4) is 5.75 Å². The van der Waals surface area contributed by atoms with Gasteiger partial charge in [-0.1, -0.05) is 42.5 Å². The normalized spacial score (nSPS) is 11.1. The van der Waals surface area contributed by atoms with Crippen LogP contribution in [0.4, 0.5) is 0 Å². The maximum absolute atomic E-state index is 12.1. The zero-order valence-electron chi connectivity index (χ0n) is 17.6. The molecule has 6 nitrogen and oxygen atoms in total. The van der Waals surface area contributed by atoms with Crippen molar-refractivity contribution in [2.24, 2.45) is 4.99 Å². The van der Waals surface area contributed by atoms with Crippen molar-refractivity contribution in [1.82, 2.24) is 16.0 Å². The van der Waals surface area contributed by atoms with E-state index in [1.165, 1.54) is 11.1 Å². The molecule has 0 saturated heterocycles. The molecular weight excluding hydrogens is 364 g/mol. The lowest BCUT2D eigenvalue weighted by Crippen LogP contribution is -2.39. The molecule has 29 heavy (non-hydrogen) atoms. The van der Waals surface area contributed by atoms with Gasteiger partial charge in [0.15, 0.2) is 5.96 Å². The topological polar surface area (TPSA) is 74.8 Å². The Balaban J connectivity index is 1.75. The number of carbonyl (C=O) groups is 1. The maximum Gasteiger partial charge on any atom is 0.241 e. The molecule has 0 aliphatic rings. The molecule has 156 valence electrons. The first-order valence-electron chi connectivity index (χ1n) is 10.1. The summed E-state index contributed by atoms with van der Waals surface area (Å²) < 4.78 is 5.38. The van der Waals surface area contributed by atoms with Crippen LogP contribution in [0, 0.1) is 6.92 Å². The molecule has 0 aromatic heterocycles. The fraction of sp³-hybridized carbons (Fsp3) is 0.391. The second-order valence-corrected chi connectivity index (χ2v) is 6.76. The Morgan fingerprint density at radius 3 is 2.41 bits per heavy atom. The summed E-state index contributed by atoms with van der Waals surface area (Å²) in [6.07, 6.45) is 1.65. The van der Waals surface area contributed by atoms with E-state index >= 15 is 0 Å². The number of aliphatic imine (C=N–C) groups is 1. The van der Waals surface area contributed by atoms with Crippen molar-refractivity contribution in [2.45, 2.75) is 26.7 Å². The average molecular weight is 397 g/mol. The van der Waals surface area contributed by atoms with Gasteiger partial charge in [-0.3, -0.25) is 4.79 Å². The van der Waals surface area contributed by atoms with Gasteiger partial charge in [0.2, 0.25) is 5.91 Å². The van der Waals surface area contributed by atoms with E-state index in [0.29, 0.717) is 19.0 Å². The van der Waals surface area contributed by atoms with Gasteiger partial charge in [-0.2, -0.15) is 0 Å². The van der Waals surface area contributed by atoms with E-state index in [0.717, 1.165) is 30.7 Å². The first-order chi connectivity index (χ1) is 14.1. The van der Waals surface area contributed by atoms with Gasteiger partial charge in [-0.05, 0) is 49.4 Å². The SMILES string of the molecule is CCNC(=NCC(=O)NCCc1ccccc1)NCCc1ccc(C)c(OC)c1. The molecule has 0 aliphatic heterocycles.